The number of nitrogens with zero attached hydrogens (tertiary/aromatic N) is 3. The summed E-state index contributed by atoms with van der Waals surface area (Å²) in [6.07, 6.45) is -0.696. The second-order valence-electron chi connectivity index (χ2n) is 4.81. The molecule has 0 bridgehead atoms. The number of methoxy groups -OCH3 is 1. The van der Waals surface area contributed by atoms with E-state index >= 15 is 0 Å². The molecule has 1 amide bonds. The zero-order valence-electron chi connectivity index (χ0n) is 12.0. The van der Waals surface area contributed by atoms with Crippen molar-refractivity contribution in [1.82, 2.24) is 14.7 Å². The zero-order valence-corrected chi connectivity index (χ0v) is 12.0. The molecule has 0 radical (unpaired) electrons. The lowest BCUT2D eigenvalue weighted by Crippen LogP contribution is -2.49. The van der Waals surface area contributed by atoms with Crippen molar-refractivity contribution in [3.63, 3.8) is 0 Å². The lowest BCUT2D eigenvalue weighted by Gasteiger charge is -2.31. The average Bonchev–Trinajstić information content (AvgIpc) is 2.76. The van der Waals surface area contributed by atoms with Gasteiger partial charge in [0.1, 0.15) is 6.54 Å². The fourth-order valence-electron chi connectivity index (χ4n) is 2.21. The first-order valence-corrected chi connectivity index (χ1v) is 6.49. The number of amides is 1. The molecule has 1 saturated heterocycles. The van der Waals surface area contributed by atoms with Crippen LogP contribution in [-0.2, 0) is 25.6 Å². The van der Waals surface area contributed by atoms with Gasteiger partial charge in [-0.15, -0.1) is 0 Å². The van der Waals surface area contributed by atoms with Crippen molar-refractivity contribution >= 4 is 11.9 Å². The fourth-order valence-corrected chi connectivity index (χ4v) is 2.21. The number of hydrogen-bond acceptors (Lipinski definition) is 5. The van der Waals surface area contributed by atoms with Gasteiger partial charge in [0, 0.05) is 12.2 Å². The number of carbonyl (C=O) groups excluding carboxylic acids is 2. The van der Waals surface area contributed by atoms with Crippen molar-refractivity contribution in [2.75, 3.05) is 26.8 Å². The van der Waals surface area contributed by atoms with Gasteiger partial charge in [-0.3, -0.25) is 9.48 Å². The Morgan fingerprint density at radius 1 is 1.50 bits per heavy atom. The van der Waals surface area contributed by atoms with Gasteiger partial charge in [0.05, 0.1) is 26.0 Å². The molecule has 2 rings (SSSR count). The van der Waals surface area contributed by atoms with Crippen LogP contribution in [0.5, 0.6) is 0 Å². The summed E-state index contributed by atoms with van der Waals surface area (Å²) in [5.41, 5.74) is 1.82. The van der Waals surface area contributed by atoms with Crippen LogP contribution in [0.25, 0.3) is 0 Å². The van der Waals surface area contributed by atoms with Gasteiger partial charge >= 0.3 is 5.97 Å². The molecule has 1 aliphatic heterocycles. The second-order valence-corrected chi connectivity index (χ2v) is 4.81. The minimum absolute atomic E-state index is 0.0756. The monoisotopic (exact) mass is 281 g/mol. The van der Waals surface area contributed by atoms with Gasteiger partial charge in [0.15, 0.2) is 6.10 Å². The Bertz CT molecular complexity index is 512. The van der Waals surface area contributed by atoms with Crippen LogP contribution in [0.2, 0.25) is 0 Å². The van der Waals surface area contributed by atoms with Crippen molar-refractivity contribution in [1.29, 1.82) is 0 Å². The van der Waals surface area contributed by atoms with Crippen molar-refractivity contribution in [3.8, 4) is 0 Å². The topological polar surface area (TPSA) is 73.7 Å². The molecule has 1 unspecified atom stereocenters. The maximum absolute atomic E-state index is 12.2. The summed E-state index contributed by atoms with van der Waals surface area (Å²) in [6.45, 7) is 5.01. The molecular weight excluding hydrogens is 262 g/mol. The Kier molecular flexibility index (Phi) is 4.39. The molecule has 7 heteroatoms. The Hall–Kier alpha value is -1.89. The Balaban J connectivity index is 1.98. The highest BCUT2D eigenvalue weighted by atomic mass is 16.6. The van der Waals surface area contributed by atoms with E-state index in [4.69, 9.17) is 4.74 Å². The molecule has 2 heterocycles. The largest absolute Gasteiger partial charge is 0.467 e. The summed E-state index contributed by atoms with van der Waals surface area (Å²) in [5, 5.41) is 4.26. The number of ether oxygens (including phenoxy) is 2. The highest BCUT2D eigenvalue weighted by Gasteiger charge is 2.30. The number of rotatable bonds is 3. The van der Waals surface area contributed by atoms with E-state index in [0.29, 0.717) is 13.2 Å². The van der Waals surface area contributed by atoms with Crippen LogP contribution in [0.3, 0.4) is 0 Å². The molecule has 1 aromatic rings. The normalized spacial score (nSPS) is 18.9. The third-order valence-electron chi connectivity index (χ3n) is 3.27. The van der Waals surface area contributed by atoms with Gasteiger partial charge in [-0.2, -0.15) is 5.10 Å². The molecule has 0 N–H and O–H groups in total. The minimum atomic E-state index is -0.696. The van der Waals surface area contributed by atoms with E-state index in [1.54, 1.807) is 9.58 Å². The number of aryl methyl sites for hydroxylation is 2. The minimum Gasteiger partial charge on any atom is -0.467 e. The van der Waals surface area contributed by atoms with Gasteiger partial charge in [-0.05, 0) is 19.9 Å². The van der Waals surface area contributed by atoms with Gasteiger partial charge in [0.2, 0.25) is 5.91 Å². The van der Waals surface area contributed by atoms with Crippen molar-refractivity contribution in [2.24, 2.45) is 0 Å². The number of hydrogen-bond donors (Lipinski definition) is 0. The molecule has 1 aliphatic rings. The first-order valence-electron chi connectivity index (χ1n) is 6.49. The van der Waals surface area contributed by atoms with E-state index in [9.17, 15) is 9.59 Å². The Morgan fingerprint density at radius 3 is 2.85 bits per heavy atom. The number of morpholine rings is 1. The quantitative estimate of drug-likeness (QED) is 0.723. The van der Waals surface area contributed by atoms with Crippen molar-refractivity contribution < 1.29 is 19.1 Å². The first kappa shape index (κ1) is 14.5. The summed E-state index contributed by atoms with van der Waals surface area (Å²) < 4.78 is 11.6. The van der Waals surface area contributed by atoms with E-state index in [2.05, 4.69) is 9.84 Å². The molecule has 0 aromatic carbocycles. The van der Waals surface area contributed by atoms with Gasteiger partial charge in [-0.1, -0.05) is 0 Å². The summed E-state index contributed by atoms with van der Waals surface area (Å²) in [4.78, 5) is 25.3. The highest BCUT2D eigenvalue weighted by molar-refractivity contribution is 5.79. The van der Waals surface area contributed by atoms with E-state index in [0.717, 1.165) is 11.4 Å². The van der Waals surface area contributed by atoms with Crippen LogP contribution in [0.4, 0.5) is 0 Å². The van der Waals surface area contributed by atoms with E-state index < -0.39 is 12.1 Å². The molecule has 20 heavy (non-hydrogen) atoms. The summed E-state index contributed by atoms with van der Waals surface area (Å²) in [6, 6.07) is 1.92. The fraction of sp³-hybridized carbons (Fsp3) is 0.615. The molecule has 1 aromatic heterocycles. The summed E-state index contributed by atoms with van der Waals surface area (Å²) in [7, 11) is 1.31. The van der Waals surface area contributed by atoms with Crippen LogP contribution in [0.1, 0.15) is 11.4 Å². The van der Waals surface area contributed by atoms with Crippen LogP contribution >= 0.6 is 0 Å². The van der Waals surface area contributed by atoms with Crippen molar-refractivity contribution in [3.05, 3.63) is 17.5 Å². The number of aromatic nitrogens is 2. The molecule has 0 spiro atoms. The molecule has 0 saturated carbocycles. The van der Waals surface area contributed by atoms with E-state index in [-0.39, 0.29) is 19.0 Å². The van der Waals surface area contributed by atoms with Gasteiger partial charge in [-0.25, -0.2) is 4.79 Å². The molecular formula is C13H19N3O4. The zero-order chi connectivity index (χ0) is 14.7. The van der Waals surface area contributed by atoms with Crippen LogP contribution < -0.4 is 0 Å². The Labute approximate surface area is 117 Å². The van der Waals surface area contributed by atoms with Crippen LogP contribution in [-0.4, -0.2) is 59.5 Å². The van der Waals surface area contributed by atoms with Gasteiger partial charge < -0.3 is 14.4 Å². The molecule has 1 atom stereocenters. The van der Waals surface area contributed by atoms with Gasteiger partial charge in [0.25, 0.3) is 0 Å². The maximum Gasteiger partial charge on any atom is 0.336 e. The van der Waals surface area contributed by atoms with E-state index in [1.165, 1.54) is 7.11 Å². The predicted molar refractivity (Wildman–Crippen MR) is 70.0 cm³/mol. The molecule has 0 aliphatic carbocycles. The maximum atomic E-state index is 12.2. The van der Waals surface area contributed by atoms with Crippen LogP contribution in [0.15, 0.2) is 6.07 Å². The third kappa shape index (κ3) is 3.16. The number of esters is 1. The predicted octanol–water partition coefficient (Wildman–Crippen LogP) is -0.0997. The standard InChI is InChI=1S/C13H19N3O4/c1-9-6-10(2)16(14-9)8-12(17)15-4-5-20-11(7-15)13(18)19-3/h6,11H,4-5,7-8H2,1-3H3. The van der Waals surface area contributed by atoms with Crippen LogP contribution in [0, 0.1) is 13.8 Å². The number of carbonyl (C=O) groups is 2. The van der Waals surface area contributed by atoms with Crippen molar-refractivity contribution in [2.45, 2.75) is 26.5 Å². The Morgan fingerprint density at radius 2 is 2.25 bits per heavy atom. The lowest BCUT2D eigenvalue weighted by molar-refractivity contribution is -0.162. The average molecular weight is 281 g/mol. The first-order chi connectivity index (χ1) is 9.51. The second kappa shape index (κ2) is 6.04. The summed E-state index contributed by atoms with van der Waals surface area (Å²) >= 11 is 0. The lowest BCUT2D eigenvalue weighted by atomic mass is 10.2. The smallest absolute Gasteiger partial charge is 0.336 e. The molecule has 110 valence electrons. The van der Waals surface area contributed by atoms with E-state index in [1.807, 2.05) is 19.9 Å². The summed E-state index contributed by atoms with van der Waals surface area (Å²) in [5.74, 6) is -0.526. The SMILES string of the molecule is COC(=O)C1CN(C(=O)Cn2nc(C)cc2C)CCO1. The highest BCUT2D eigenvalue weighted by Crippen LogP contribution is 2.09. The molecule has 7 nitrogen and oxygen atoms in total. The third-order valence-corrected chi connectivity index (χ3v) is 3.27. The molecule has 1 fully saturated rings.